The quantitative estimate of drug-likeness (QED) is 0.680. The Kier molecular flexibility index (Phi) is 2.70. The summed E-state index contributed by atoms with van der Waals surface area (Å²) in [6.45, 7) is 2.18. The van der Waals surface area contributed by atoms with Gasteiger partial charge in [0.05, 0.1) is 0 Å². The molecule has 0 atom stereocenters. The van der Waals surface area contributed by atoms with Gasteiger partial charge in [0.25, 0.3) is 0 Å². The average molecular weight is 310 g/mol. The second-order valence-corrected chi connectivity index (χ2v) is 4.69. The van der Waals surface area contributed by atoms with Gasteiger partial charge in [-0.1, -0.05) is 0 Å². The zero-order valence-electron chi connectivity index (χ0n) is 5.59. The Morgan fingerprint density at radius 2 is 1.78 bits per heavy atom. The third-order valence-corrected chi connectivity index (χ3v) is 2.88. The third kappa shape index (κ3) is 2.08. The molecule has 9 heavy (non-hydrogen) atoms. The Morgan fingerprint density at radius 1 is 1.22 bits per heavy atom. The van der Waals surface area contributed by atoms with Gasteiger partial charge in [0.15, 0.2) is 0 Å². The van der Waals surface area contributed by atoms with Crippen LogP contribution in [0.5, 0.6) is 0 Å². The van der Waals surface area contributed by atoms with E-state index in [1.807, 2.05) is 0 Å². The van der Waals surface area contributed by atoms with Crippen molar-refractivity contribution in [2.24, 2.45) is 0 Å². The number of hydrogen-bond acceptors (Lipinski definition) is 0. The van der Waals surface area contributed by atoms with Crippen LogP contribution in [0.1, 0.15) is 12.5 Å². The predicted molar refractivity (Wildman–Crippen MR) is 41.2 cm³/mol. The summed E-state index contributed by atoms with van der Waals surface area (Å²) in [7, 11) is 0. The first-order chi connectivity index (χ1) is 4.33. The van der Waals surface area contributed by atoms with E-state index in [4.69, 9.17) is 0 Å². The molecule has 0 heterocycles. The summed E-state index contributed by atoms with van der Waals surface area (Å²) < 4.78 is 1.51. The van der Waals surface area contributed by atoms with Crippen molar-refractivity contribution >= 4 is 28.9 Å². The van der Waals surface area contributed by atoms with Gasteiger partial charge in [-0.15, -0.1) is 0 Å². The van der Waals surface area contributed by atoms with Crippen LogP contribution in [0.15, 0.2) is 24.3 Å². The second kappa shape index (κ2) is 3.35. The molecule has 0 aliphatic heterocycles. The summed E-state index contributed by atoms with van der Waals surface area (Å²) in [5.41, 5.74) is 1.44. The number of hydrogen-bond donors (Lipinski definition) is 0. The van der Waals surface area contributed by atoms with Gasteiger partial charge in [-0.05, 0) is 0 Å². The van der Waals surface area contributed by atoms with E-state index in [1.165, 1.54) is 8.69 Å². The number of benzene rings is 1. The van der Waals surface area contributed by atoms with Crippen LogP contribution in [-0.4, -0.2) is 25.8 Å². The molecule has 0 aliphatic rings. The molecule has 1 heteroatoms. The molecule has 0 unspecified atom stereocenters. The fourth-order valence-corrected chi connectivity index (χ4v) is 1.50. The van der Waals surface area contributed by atoms with Crippen molar-refractivity contribution in [3.8, 4) is 0 Å². The van der Waals surface area contributed by atoms with Crippen LogP contribution in [0.3, 0.4) is 0 Å². The first-order valence-electron chi connectivity index (χ1n) is 3.17. The molecule has 1 aromatic carbocycles. The normalized spacial score (nSPS) is 9.33. The first kappa shape index (κ1) is 7.25. The molecule has 0 nitrogen and oxygen atoms in total. The molecule has 0 saturated heterocycles. The molecule has 0 fully saturated rings. The first-order valence-corrected chi connectivity index (χ1v) is 5.42. The Hall–Kier alpha value is 0.142. The van der Waals surface area contributed by atoms with E-state index in [0.717, 1.165) is 32.2 Å². The van der Waals surface area contributed by atoms with Crippen LogP contribution in [0.4, 0.5) is 0 Å². The Bertz CT molecular complexity index is 176. The van der Waals surface area contributed by atoms with Gasteiger partial charge in [0, 0.05) is 0 Å². The number of rotatable bonds is 1. The molecule has 0 saturated carbocycles. The molecule has 0 bridgehead atoms. The summed E-state index contributed by atoms with van der Waals surface area (Å²) in [4.78, 5) is 0. The fourth-order valence-electron chi connectivity index (χ4n) is 0.753. The van der Waals surface area contributed by atoms with Crippen molar-refractivity contribution in [1.82, 2.24) is 0 Å². The van der Waals surface area contributed by atoms with Gasteiger partial charge in [-0.3, -0.25) is 0 Å². The molecular weight excluding hydrogens is 300 g/mol. The van der Waals surface area contributed by atoms with Crippen molar-refractivity contribution < 1.29 is 0 Å². The summed E-state index contributed by atoms with van der Waals surface area (Å²) in [6, 6.07) is 8.89. The van der Waals surface area contributed by atoms with Crippen LogP contribution >= 0.6 is 0 Å². The minimum atomic E-state index is 0.987. The molecule has 1 aromatic rings. The van der Waals surface area contributed by atoms with Crippen molar-refractivity contribution in [3.05, 3.63) is 29.8 Å². The van der Waals surface area contributed by atoms with Gasteiger partial charge in [-0.25, -0.2) is 0 Å². The van der Waals surface area contributed by atoms with Gasteiger partial charge < -0.3 is 0 Å². The van der Waals surface area contributed by atoms with E-state index < -0.39 is 0 Å². The van der Waals surface area contributed by atoms with Crippen molar-refractivity contribution in [3.63, 3.8) is 0 Å². The third-order valence-electron chi connectivity index (χ3n) is 1.39. The summed E-state index contributed by atoms with van der Waals surface area (Å²) in [5.74, 6) is 0. The Morgan fingerprint density at radius 3 is 2.22 bits per heavy atom. The van der Waals surface area contributed by atoms with E-state index >= 15 is 0 Å². The van der Waals surface area contributed by atoms with E-state index in [-0.39, 0.29) is 0 Å². The van der Waals surface area contributed by atoms with Crippen molar-refractivity contribution in [2.45, 2.75) is 13.3 Å². The molecule has 44 valence electrons. The monoisotopic (exact) mass is 310 g/mol. The van der Waals surface area contributed by atoms with Crippen LogP contribution in [0.25, 0.3) is 0 Å². The average Bonchev–Trinajstić information content (AvgIpc) is 1.90. The van der Waals surface area contributed by atoms with Gasteiger partial charge in [0.1, 0.15) is 0 Å². The topological polar surface area (TPSA) is 0 Å². The zero-order valence-corrected chi connectivity index (χ0v) is 10.1. The Balaban J connectivity index is 2.88. The van der Waals surface area contributed by atoms with Crippen LogP contribution in [-0.2, 0) is 6.42 Å². The molecule has 0 spiro atoms. The zero-order chi connectivity index (χ0) is 6.69. The summed E-state index contributed by atoms with van der Waals surface area (Å²) >= 11 is 0.987. The van der Waals surface area contributed by atoms with E-state index in [9.17, 15) is 0 Å². The standard InChI is InChI=1S/C8H9.Tl/c1-2-8-6-4-3-5-7-8;/h4-7H,2H2,1H3;. The molecule has 0 radical (unpaired) electrons. The van der Waals surface area contributed by atoms with Crippen LogP contribution < -0.4 is 3.12 Å². The van der Waals surface area contributed by atoms with Crippen LogP contribution in [0, 0.1) is 0 Å². The van der Waals surface area contributed by atoms with Crippen molar-refractivity contribution in [2.75, 3.05) is 0 Å². The maximum atomic E-state index is 2.23. The van der Waals surface area contributed by atoms with E-state index in [1.54, 1.807) is 0 Å². The van der Waals surface area contributed by atoms with Gasteiger partial charge in [-0.2, -0.15) is 0 Å². The van der Waals surface area contributed by atoms with Gasteiger partial charge >= 0.3 is 72.1 Å². The fraction of sp³-hybridized carbons (Fsp3) is 0.250. The van der Waals surface area contributed by atoms with Crippen LogP contribution in [0.2, 0.25) is 0 Å². The summed E-state index contributed by atoms with van der Waals surface area (Å²) in [6.07, 6.45) is 1.16. The minimum absolute atomic E-state index is 0.987. The SMILES string of the molecule is CCc1cc[c]([Tl])cc1. The molecule has 0 aromatic heterocycles. The molecule has 0 aliphatic carbocycles. The predicted octanol–water partition coefficient (Wildman–Crippen LogP) is 1.04. The number of aryl methyl sites for hydroxylation is 1. The molecular formula is C8H9Tl. The summed E-state index contributed by atoms with van der Waals surface area (Å²) in [5, 5.41) is 0. The Labute approximate surface area is 72.0 Å². The van der Waals surface area contributed by atoms with Gasteiger partial charge in [0.2, 0.25) is 0 Å². The maximum absolute atomic E-state index is 2.23. The molecule has 0 amide bonds. The van der Waals surface area contributed by atoms with Crippen molar-refractivity contribution in [1.29, 1.82) is 0 Å². The van der Waals surface area contributed by atoms with E-state index in [2.05, 4.69) is 31.2 Å². The molecule has 1 rings (SSSR count). The van der Waals surface area contributed by atoms with E-state index in [0.29, 0.717) is 0 Å². The second-order valence-electron chi connectivity index (χ2n) is 2.10. The molecule has 0 N–H and O–H groups in total.